The van der Waals surface area contributed by atoms with Crippen LogP contribution in [0.1, 0.15) is 31.7 Å². The molecule has 0 saturated carbocycles. The summed E-state index contributed by atoms with van der Waals surface area (Å²) in [6.07, 6.45) is 3.33. The van der Waals surface area contributed by atoms with Gasteiger partial charge in [-0.15, -0.1) is 0 Å². The summed E-state index contributed by atoms with van der Waals surface area (Å²) in [7, 11) is 0. The van der Waals surface area contributed by atoms with Gasteiger partial charge in [0.05, 0.1) is 5.56 Å². The standard InChI is InChI=1S/C27H20F6/c1-2-3-4-5-15-10-22(29)25(23(30)11-15)17-7-8-19(21(28)13-17)16-6-9-20-18(12-16)14-24(31)27(33)26(20)32/h6-14H,2-5H2,1H3. The SMILES string of the molecule is CCCCCc1cc(F)c(-c2ccc(-c3ccc4c(F)c(F)c(F)cc4c3)c(F)c2)c(F)c1. The molecule has 0 nitrogen and oxygen atoms in total. The number of rotatable bonds is 6. The average molecular weight is 458 g/mol. The molecule has 33 heavy (non-hydrogen) atoms. The van der Waals surface area contributed by atoms with Crippen molar-refractivity contribution in [2.75, 3.05) is 0 Å². The molecular formula is C27H20F6. The molecule has 4 aromatic carbocycles. The van der Waals surface area contributed by atoms with Crippen LogP contribution in [0.15, 0.2) is 54.6 Å². The third kappa shape index (κ3) is 4.47. The van der Waals surface area contributed by atoms with Crippen molar-refractivity contribution in [2.45, 2.75) is 32.6 Å². The van der Waals surface area contributed by atoms with Crippen molar-refractivity contribution in [1.29, 1.82) is 0 Å². The van der Waals surface area contributed by atoms with E-state index < -0.39 is 34.9 Å². The Morgan fingerprint density at radius 3 is 1.97 bits per heavy atom. The Kier molecular flexibility index (Phi) is 6.45. The van der Waals surface area contributed by atoms with E-state index in [2.05, 4.69) is 0 Å². The number of benzene rings is 4. The Morgan fingerprint density at radius 1 is 0.606 bits per heavy atom. The molecular weight excluding hydrogens is 438 g/mol. The average Bonchev–Trinajstić information content (AvgIpc) is 2.77. The number of hydrogen-bond acceptors (Lipinski definition) is 0. The van der Waals surface area contributed by atoms with E-state index in [0.717, 1.165) is 31.4 Å². The molecule has 0 aliphatic rings. The first-order valence-electron chi connectivity index (χ1n) is 10.7. The zero-order chi connectivity index (χ0) is 23.7. The van der Waals surface area contributed by atoms with Gasteiger partial charge < -0.3 is 0 Å². The van der Waals surface area contributed by atoms with Crippen LogP contribution >= 0.6 is 0 Å². The minimum Gasteiger partial charge on any atom is -0.206 e. The summed E-state index contributed by atoms with van der Waals surface area (Å²) in [4.78, 5) is 0. The lowest BCUT2D eigenvalue weighted by molar-refractivity contribution is 0.453. The van der Waals surface area contributed by atoms with Gasteiger partial charge in [-0.05, 0) is 65.3 Å². The van der Waals surface area contributed by atoms with Gasteiger partial charge in [-0.1, -0.05) is 44.0 Å². The highest BCUT2D eigenvalue weighted by Gasteiger charge is 2.17. The second kappa shape index (κ2) is 9.30. The normalized spacial score (nSPS) is 11.4. The smallest absolute Gasteiger partial charge is 0.195 e. The van der Waals surface area contributed by atoms with E-state index in [1.54, 1.807) is 0 Å². The van der Waals surface area contributed by atoms with E-state index in [-0.39, 0.29) is 33.0 Å². The number of hydrogen-bond donors (Lipinski definition) is 0. The predicted molar refractivity (Wildman–Crippen MR) is 118 cm³/mol. The van der Waals surface area contributed by atoms with Crippen LogP contribution in [0.25, 0.3) is 33.0 Å². The van der Waals surface area contributed by atoms with Crippen LogP contribution in [-0.2, 0) is 6.42 Å². The van der Waals surface area contributed by atoms with Gasteiger partial charge in [-0.2, -0.15) is 0 Å². The minimum absolute atomic E-state index is 0.0336. The van der Waals surface area contributed by atoms with Gasteiger partial charge in [0.2, 0.25) is 0 Å². The molecule has 0 spiro atoms. The van der Waals surface area contributed by atoms with Crippen LogP contribution in [0.3, 0.4) is 0 Å². The number of halogens is 6. The molecule has 0 heterocycles. The van der Waals surface area contributed by atoms with Crippen LogP contribution in [0.5, 0.6) is 0 Å². The quantitative estimate of drug-likeness (QED) is 0.154. The van der Waals surface area contributed by atoms with Gasteiger partial charge in [0.1, 0.15) is 17.5 Å². The Hall–Kier alpha value is -3.28. The Morgan fingerprint density at radius 2 is 1.30 bits per heavy atom. The lowest BCUT2D eigenvalue weighted by Gasteiger charge is -2.11. The summed E-state index contributed by atoms with van der Waals surface area (Å²) >= 11 is 0. The van der Waals surface area contributed by atoms with Crippen LogP contribution in [0, 0.1) is 34.9 Å². The van der Waals surface area contributed by atoms with E-state index in [4.69, 9.17) is 0 Å². The third-order valence-corrected chi connectivity index (χ3v) is 5.71. The highest BCUT2D eigenvalue weighted by atomic mass is 19.2. The summed E-state index contributed by atoms with van der Waals surface area (Å²) in [5.41, 5.74) is 0.613. The summed E-state index contributed by atoms with van der Waals surface area (Å²) < 4.78 is 85.3. The van der Waals surface area contributed by atoms with E-state index in [1.165, 1.54) is 42.5 Å². The van der Waals surface area contributed by atoms with Gasteiger partial charge in [0.25, 0.3) is 0 Å². The van der Waals surface area contributed by atoms with Gasteiger partial charge in [-0.3, -0.25) is 0 Å². The maximum atomic E-state index is 14.9. The van der Waals surface area contributed by atoms with Crippen molar-refractivity contribution >= 4 is 10.8 Å². The second-order valence-electron chi connectivity index (χ2n) is 8.01. The highest BCUT2D eigenvalue weighted by molar-refractivity contribution is 5.88. The van der Waals surface area contributed by atoms with Crippen LogP contribution in [-0.4, -0.2) is 0 Å². The summed E-state index contributed by atoms with van der Waals surface area (Å²) in [5.74, 6) is -6.56. The molecule has 6 heteroatoms. The summed E-state index contributed by atoms with van der Waals surface area (Å²) in [6.45, 7) is 2.04. The molecule has 0 N–H and O–H groups in total. The predicted octanol–water partition coefficient (Wildman–Crippen LogP) is 8.74. The molecule has 0 bridgehead atoms. The van der Waals surface area contributed by atoms with Gasteiger partial charge in [-0.25, -0.2) is 26.3 Å². The molecule has 0 atom stereocenters. The van der Waals surface area contributed by atoms with E-state index in [1.807, 2.05) is 6.92 Å². The van der Waals surface area contributed by atoms with E-state index >= 15 is 0 Å². The fourth-order valence-electron chi connectivity index (χ4n) is 4.00. The molecule has 0 aromatic heterocycles. The number of unbranched alkanes of at least 4 members (excludes halogenated alkanes) is 2. The Labute approximate surface area is 187 Å². The van der Waals surface area contributed by atoms with E-state index in [9.17, 15) is 26.3 Å². The van der Waals surface area contributed by atoms with Crippen LogP contribution in [0.4, 0.5) is 26.3 Å². The first kappa shape index (κ1) is 22.9. The minimum atomic E-state index is -1.58. The Bertz CT molecular complexity index is 1320. The number of fused-ring (bicyclic) bond motifs is 1. The van der Waals surface area contributed by atoms with E-state index in [0.29, 0.717) is 12.0 Å². The monoisotopic (exact) mass is 458 g/mol. The second-order valence-corrected chi connectivity index (χ2v) is 8.01. The lowest BCUT2D eigenvalue weighted by atomic mass is 9.96. The molecule has 0 radical (unpaired) electrons. The zero-order valence-electron chi connectivity index (χ0n) is 17.8. The van der Waals surface area contributed by atoms with Crippen molar-refractivity contribution in [2.24, 2.45) is 0 Å². The maximum Gasteiger partial charge on any atom is 0.195 e. The summed E-state index contributed by atoms with van der Waals surface area (Å²) in [5, 5.41) is -0.0824. The molecule has 4 aromatic rings. The lowest BCUT2D eigenvalue weighted by Crippen LogP contribution is -1.96. The largest absolute Gasteiger partial charge is 0.206 e. The molecule has 0 unspecified atom stereocenters. The maximum absolute atomic E-state index is 14.9. The molecule has 0 saturated heterocycles. The van der Waals surface area contributed by atoms with Crippen LogP contribution in [0.2, 0.25) is 0 Å². The molecule has 4 rings (SSSR count). The summed E-state index contributed by atoms with van der Waals surface area (Å²) in [6, 6.07) is 11.0. The fourth-order valence-corrected chi connectivity index (χ4v) is 4.00. The van der Waals surface area contributed by atoms with Crippen LogP contribution < -0.4 is 0 Å². The Balaban J connectivity index is 1.70. The van der Waals surface area contributed by atoms with Crippen molar-refractivity contribution < 1.29 is 26.3 Å². The number of aryl methyl sites for hydroxylation is 1. The first-order chi connectivity index (χ1) is 15.8. The highest BCUT2D eigenvalue weighted by Crippen LogP contribution is 2.34. The molecule has 170 valence electrons. The van der Waals surface area contributed by atoms with Crippen molar-refractivity contribution in [3.05, 3.63) is 95.1 Å². The van der Waals surface area contributed by atoms with Gasteiger partial charge in [0, 0.05) is 10.9 Å². The third-order valence-electron chi connectivity index (χ3n) is 5.71. The zero-order valence-corrected chi connectivity index (χ0v) is 17.8. The molecule has 0 aliphatic carbocycles. The fraction of sp³-hybridized carbons (Fsp3) is 0.185. The topological polar surface area (TPSA) is 0 Å². The van der Waals surface area contributed by atoms with Crippen molar-refractivity contribution in [3.63, 3.8) is 0 Å². The van der Waals surface area contributed by atoms with Crippen molar-refractivity contribution in [3.8, 4) is 22.3 Å². The van der Waals surface area contributed by atoms with Gasteiger partial charge >= 0.3 is 0 Å². The first-order valence-corrected chi connectivity index (χ1v) is 10.7. The molecule has 0 amide bonds. The molecule has 0 aliphatic heterocycles. The van der Waals surface area contributed by atoms with Gasteiger partial charge in [0.15, 0.2) is 17.5 Å². The molecule has 0 fully saturated rings. The van der Waals surface area contributed by atoms with Crippen molar-refractivity contribution in [1.82, 2.24) is 0 Å².